The summed E-state index contributed by atoms with van der Waals surface area (Å²) < 4.78 is 26.5. The fourth-order valence-corrected chi connectivity index (χ4v) is 5.57. The topological polar surface area (TPSA) is 86.8 Å². The third-order valence-corrected chi connectivity index (χ3v) is 8.61. The molecule has 0 aliphatic heterocycles. The standard InChI is InChI=1S/C28H39Cl2N3O4S/c1-7-21(5)31-28(35)26(8-2)32(18-23-24(29)11-9-12-25(23)30)27(34)13-10-16-33(38(6,36)37)22-15-14-19(3)20(4)17-22/h9,11-12,14-15,17,21,26H,7-8,10,13,16,18H2,1-6H3,(H,31,35)/t21-,26+/m0/s1. The van der Waals surface area contributed by atoms with Gasteiger partial charge in [-0.1, -0.05) is 49.2 Å². The Morgan fingerprint density at radius 1 is 1.00 bits per heavy atom. The third-order valence-electron chi connectivity index (χ3n) is 6.71. The molecule has 2 amide bonds. The number of rotatable bonds is 13. The van der Waals surface area contributed by atoms with E-state index in [0.717, 1.165) is 23.8 Å². The summed E-state index contributed by atoms with van der Waals surface area (Å²) in [7, 11) is -3.57. The molecule has 0 saturated carbocycles. The van der Waals surface area contributed by atoms with Gasteiger partial charge in [0, 0.05) is 41.2 Å². The van der Waals surface area contributed by atoms with Crippen LogP contribution in [0.3, 0.4) is 0 Å². The number of halogens is 2. The molecule has 0 unspecified atom stereocenters. The molecule has 10 heteroatoms. The first-order valence-corrected chi connectivity index (χ1v) is 15.5. The van der Waals surface area contributed by atoms with Gasteiger partial charge in [-0.25, -0.2) is 8.42 Å². The Bertz CT molecular complexity index is 1220. The minimum absolute atomic E-state index is 0.0429. The molecule has 7 nitrogen and oxygen atoms in total. The fourth-order valence-electron chi connectivity index (χ4n) is 4.10. The van der Waals surface area contributed by atoms with Gasteiger partial charge in [0.15, 0.2) is 0 Å². The van der Waals surface area contributed by atoms with Crippen molar-refractivity contribution in [2.75, 3.05) is 17.1 Å². The maximum absolute atomic E-state index is 13.6. The summed E-state index contributed by atoms with van der Waals surface area (Å²) in [6, 6.07) is 9.82. The first-order valence-electron chi connectivity index (χ1n) is 12.9. The lowest BCUT2D eigenvalue weighted by Crippen LogP contribution is -2.50. The number of hydrogen-bond donors (Lipinski definition) is 1. The van der Waals surface area contributed by atoms with Crippen LogP contribution in [0.5, 0.6) is 0 Å². The highest BCUT2D eigenvalue weighted by Crippen LogP contribution is 2.28. The molecule has 2 atom stereocenters. The second-order valence-electron chi connectivity index (χ2n) is 9.67. The largest absolute Gasteiger partial charge is 0.352 e. The van der Waals surface area contributed by atoms with Crippen molar-refractivity contribution in [2.45, 2.75) is 78.9 Å². The van der Waals surface area contributed by atoms with Crippen molar-refractivity contribution >= 4 is 50.7 Å². The van der Waals surface area contributed by atoms with Gasteiger partial charge in [-0.15, -0.1) is 0 Å². The van der Waals surface area contributed by atoms with Crippen LogP contribution in [-0.2, 0) is 26.2 Å². The van der Waals surface area contributed by atoms with Gasteiger partial charge in [0.25, 0.3) is 0 Å². The van der Waals surface area contributed by atoms with Crippen molar-refractivity contribution in [3.8, 4) is 0 Å². The van der Waals surface area contributed by atoms with E-state index in [9.17, 15) is 18.0 Å². The molecule has 0 saturated heterocycles. The molecular formula is C28H39Cl2N3O4S. The lowest BCUT2D eigenvalue weighted by Gasteiger charge is -2.32. The average molecular weight is 585 g/mol. The van der Waals surface area contributed by atoms with Gasteiger partial charge in [0.1, 0.15) is 6.04 Å². The van der Waals surface area contributed by atoms with Crippen molar-refractivity contribution in [1.82, 2.24) is 10.2 Å². The van der Waals surface area contributed by atoms with E-state index in [1.54, 1.807) is 24.3 Å². The van der Waals surface area contributed by atoms with Gasteiger partial charge >= 0.3 is 0 Å². The highest BCUT2D eigenvalue weighted by Gasteiger charge is 2.30. The summed E-state index contributed by atoms with van der Waals surface area (Å²) in [6.07, 6.45) is 2.63. The van der Waals surface area contributed by atoms with E-state index in [-0.39, 0.29) is 43.8 Å². The molecular weight excluding hydrogens is 545 g/mol. The van der Waals surface area contributed by atoms with E-state index in [1.165, 1.54) is 9.21 Å². The lowest BCUT2D eigenvalue weighted by atomic mass is 10.1. The summed E-state index contributed by atoms with van der Waals surface area (Å²) in [4.78, 5) is 28.2. The molecule has 0 heterocycles. The van der Waals surface area contributed by atoms with Crippen LogP contribution < -0.4 is 9.62 Å². The quantitative estimate of drug-likeness (QED) is 0.319. The zero-order chi connectivity index (χ0) is 28.6. The van der Waals surface area contributed by atoms with E-state index < -0.39 is 16.1 Å². The molecule has 2 rings (SSSR count). The number of anilines is 1. The van der Waals surface area contributed by atoms with Crippen LogP contribution in [0.15, 0.2) is 36.4 Å². The summed E-state index contributed by atoms with van der Waals surface area (Å²) in [5, 5.41) is 3.79. The number of hydrogen-bond acceptors (Lipinski definition) is 4. The number of nitrogens with zero attached hydrogens (tertiary/aromatic N) is 2. The number of benzene rings is 2. The number of carbonyl (C=O) groups is 2. The van der Waals surface area contributed by atoms with E-state index in [2.05, 4.69) is 5.32 Å². The summed E-state index contributed by atoms with van der Waals surface area (Å²) in [5.74, 6) is -0.521. The molecule has 0 aromatic heterocycles. The minimum atomic E-state index is -3.57. The van der Waals surface area contributed by atoms with Gasteiger partial charge < -0.3 is 10.2 Å². The molecule has 1 N–H and O–H groups in total. The molecule has 2 aromatic rings. The van der Waals surface area contributed by atoms with Crippen LogP contribution in [0.2, 0.25) is 10.0 Å². The molecule has 0 radical (unpaired) electrons. The number of amides is 2. The lowest BCUT2D eigenvalue weighted by molar-refractivity contribution is -0.141. The van der Waals surface area contributed by atoms with E-state index in [4.69, 9.17) is 23.2 Å². The Labute approximate surface area is 237 Å². The van der Waals surface area contributed by atoms with Gasteiger partial charge in [0.05, 0.1) is 11.9 Å². The van der Waals surface area contributed by atoms with E-state index in [0.29, 0.717) is 27.7 Å². The Kier molecular flexibility index (Phi) is 11.9. The number of carbonyl (C=O) groups excluding carboxylic acids is 2. The molecule has 2 aromatic carbocycles. The summed E-state index contributed by atoms with van der Waals surface area (Å²) >= 11 is 12.8. The predicted octanol–water partition coefficient (Wildman–Crippen LogP) is 5.88. The van der Waals surface area contributed by atoms with Crippen molar-refractivity contribution in [3.05, 3.63) is 63.1 Å². The minimum Gasteiger partial charge on any atom is -0.352 e. The van der Waals surface area contributed by atoms with Crippen LogP contribution in [-0.4, -0.2) is 50.0 Å². The molecule has 0 spiro atoms. The zero-order valence-electron chi connectivity index (χ0n) is 23.1. The highest BCUT2D eigenvalue weighted by atomic mass is 35.5. The predicted molar refractivity (Wildman–Crippen MR) is 156 cm³/mol. The van der Waals surface area contributed by atoms with Gasteiger partial charge in [-0.2, -0.15) is 0 Å². The van der Waals surface area contributed by atoms with Crippen molar-refractivity contribution in [3.63, 3.8) is 0 Å². The molecule has 38 heavy (non-hydrogen) atoms. The first-order chi connectivity index (χ1) is 17.8. The summed E-state index contributed by atoms with van der Waals surface area (Å²) in [5.41, 5.74) is 3.16. The fraction of sp³-hybridized carbons (Fsp3) is 0.500. The maximum atomic E-state index is 13.6. The van der Waals surface area contributed by atoms with Gasteiger partial charge in [0.2, 0.25) is 21.8 Å². The molecule has 0 aliphatic carbocycles. The first kappa shape index (κ1) is 31.9. The van der Waals surface area contributed by atoms with Crippen LogP contribution in [0.1, 0.15) is 63.1 Å². The van der Waals surface area contributed by atoms with Gasteiger partial charge in [-0.05, 0) is 75.4 Å². The Balaban J connectivity index is 2.30. The normalized spacial score (nSPS) is 13.1. The maximum Gasteiger partial charge on any atom is 0.243 e. The number of sulfonamides is 1. The second kappa shape index (κ2) is 14.2. The molecule has 0 fully saturated rings. The van der Waals surface area contributed by atoms with E-state index in [1.807, 2.05) is 46.8 Å². The zero-order valence-corrected chi connectivity index (χ0v) is 25.4. The van der Waals surface area contributed by atoms with Crippen LogP contribution in [0.4, 0.5) is 5.69 Å². The molecule has 0 aliphatic rings. The van der Waals surface area contributed by atoms with Gasteiger partial charge in [-0.3, -0.25) is 13.9 Å². The average Bonchev–Trinajstić information content (AvgIpc) is 2.84. The smallest absolute Gasteiger partial charge is 0.243 e. The summed E-state index contributed by atoms with van der Waals surface area (Å²) in [6.45, 7) is 9.82. The van der Waals surface area contributed by atoms with Crippen LogP contribution in [0.25, 0.3) is 0 Å². The number of nitrogens with one attached hydrogen (secondary N) is 1. The van der Waals surface area contributed by atoms with Crippen molar-refractivity contribution in [1.29, 1.82) is 0 Å². The monoisotopic (exact) mass is 583 g/mol. The highest BCUT2D eigenvalue weighted by molar-refractivity contribution is 7.92. The Morgan fingerprint density at radius 3 is 2.16 bits per heavy atom. The van der Waals surface area contributed by atoms with Crippen molar-refractivity contribution in [2.24, 2.45) is 0 Å². The van der Waals surface area contributed by atoms with Crippen LogP contribution >= 0.6 is 23.2 Å². The second-order valence-corrected chi connectivity index (χ2v) is 12.4. The Morgan fingerprint density at radius 2 is 1.63 bits per heavy atom. The number of aryl methyl sites for hydroxylation is 2. The van der Waals surface area contributed by atoms with Crippen LogP contribution in [0, 0.1) is 13.8 Å². The SMILES string of the molecule is CC[C@H](C(=O)N[C@@H](C)CC)N(Cc1c(Cl)cccc1Cl)C(=O)CCCN(c1ccc(C)c(C)c1)S(C)(=O)=O. The van der Waals surface area contributed by atoms with E-state index >= 15 is 0 Å². The third kappa shape index (κ3) is 8.61. The van der Waals surface area contributed by atoms with Crippen molar-refractivity contribution < 1.29 is 18.0 Å². The Hall–Kier alpha value is -2.29. The molecule has 0 bridgehead atoms. The molecule has 210 valence electrons.